The van der Waals surface area contributed by atoms with Gasteiger partial charge in [0.2, 0.25) is 0 Å². The van der Waals surface area contributed by atoms with Gasteiger partial charge in [-0.1, -0.05) is 25.1 Å². The van der Waals surface area contributed by atoms with Gasteiger partial charge in [0.05, 0.1) is 5.69 Å². The number of aryl methyl sites for hydroxylation is 2. The molecule has 5 heteroatoms. The number of amides is 1. The highest BCUT2D eigenvalue weighted by Gasteiger charge is 2.23. The van der Waals surface area contributed by atoms with E-state index in [9.17, 15) is 4.79 Å². The fraction of sp³-hybridized carbons (Fsp3) is 0.263. The average molecular weight is 324 g/mol. The van der Waals surface area contributed by atoms with Crippen LogP contribution in [0.15, 0.2) is 46.9 Å². The van der Waals surface area contributed by atoms with Crippen molar-refractivity contribution in [2.45, 2.75) is 20.3 Å². The van der Waals surface area contributed by atoms with Gasteiger partial charge in [-0.25, -0.2) is 4.90 Å². The predicted molar refractivity (Wildman–Crippen MR) is 93.6 cm³/mol. The van der Waals surface area contributed by atoms with Crippen molar-refractivity contribution in [3.8, 4) is 0 Å². The van der Waals surface area contributed by atoms with Crippen molar-refractivity contribution in [3.05, 3.63) is 53.6 Å². The molecule has 0 saturated heterocycles. The summed E-state index contributed by atoms with van der Waals surface area (Å²) in [6.45, 7) is 4.03. The molecule has 24 heavy (non-hydrogen) atoms. The molecule has 0 fully saturated rings. The minimum absolute atomic E-state index is 0.0483. The monoisotopic (exact) mass is 324 g/mol. The maximum atomic E-state index is 12.5. The molecule has 0 saturated carbocycles. The number of hydrogen-bond donors (Lipinski definition) is 0. The lowest BCUT2D eigenvalue weighted by molar-refractivity contribution is -0.121. The number of fused-ring (bicyclic) bond motifs is 1. The van der Waals surface area contributed by atoms with Gasteiger partial charge in [-0.2, -0.15) is 4.98 Å². The van der Waals surface area contributed by atoms with Gasteiger partial charge in [0, 0.05) is 7.11 Å². The van der Waals surface area contributed by atoms with Gasteiger partial charge in [-0.3, -0.25) is 4.79 Å². The van der Waals surface area contributed by atoms with Gasteiger partial charge in [0.1, 0.15) is 12.1 Å². The second-order valence-corrected chi connectivity index (χ2v) is 5.65. The molecule has 0 radical (unpaired) electrons. The second kappa shape index (κ2) is 6.84. The predicted octanol–water partition coefficient (Wildman–Crippen LogP) is 4.01. The molecule has 1 aromatic heterocycles. The molecule has 5 nitrogen and oxygen atoms in total. The lowest BCUT2D eigenvalue weighted by Crippen LogP contribution is -2.29. The van der Waals surface area contributed by atoms with E-state index in [2.05, 4.69) is 11.9 Å². The molecule has 0 aliphatic carbocycles. The van der Waals surface area contributed by atoms with Crippen molar-refractivity contribution in [2.24, 2.45) is 0 Å². The number of hydrogen-bond acceptors (Lipinski definition) is 4. The molecule has 3 rings (SSSR count). The highest BCUT2D eigenvalue weighted by atomic mass is 16.5. The molecule has 0 bridgehead atoms. The Bertz CT molecular complexity index is 853. The number of methoxy groups -OCH3 is 1. The number of carbonyl (C=O) groups is 1. The first-order chi connectivity index (χ1) is 11.6. The van der Waals surface area contributed by atoms with E-state index in [0.717, 1.165) is 17.5 Å². The summed E-state index contributed by atoms with van der Waals surface area (Å²) in [5.41, 5.74) is 4.37. The molecular weight excluding hydrogens is 304 g/mol. The molecular formula is C19H20N2O3. The summed E-state index contributed by atoms with van der Waals surface area (Å²) in [5.74, 6) is -0.231. The summed E-state index contributed by atoms with van der Waals surface area (Å²) in [4.78, 5) is 18.5. The smallest absolute Gasteiger partial charge is 0.310 e. The number of benzene rings is 2. The summed E-state index contributed by atoms with van der Waals surface area (Å²) in [5, 5.41) is 0. The van der Waals surface area contributed by atoms with Crippen molar-refractivity contribution >= 4 is 28.7 Å². The van der Waals surface area contributed by atoms with Crippen LogP contribution in [0, 0.1) is 6.92 Å². The first kappa shape index (κ1) is 16.2. The molecule has 0 N–H and O–H groups in total. The third-order valence-electron chi connectivity index (χ3n) is 3.84. The van der Waals surface area contributed by atoms with Crippen LogP contribution in [-0.4, -0.2) is 24.6 Å². The van der Waals surface area contributed by atoms with Gasteiger partial charge in [0.25, 0.3) is 5.91 Å². The Kier molecular flexibility index (Phi) is 4.62. The zero-order valence-corrected chi connectivity index (χ0v) is 14.1. The van der Waals surface area contributed by atoms with E-state index in [0.29, 0.717) is 11.3 Å². The number of carbonyl (C=O) groups excluding carboxylic acids is 1. The molecule has 1 amide bonds. The molecule has 3 aromatic rings. The summed E-state index contributed by atoms with van der Waals surface area (Å²) >= 11 is 0. The molecule has 0 unspecified atom stereocenters. The quantitative estimate of drug-likeness (QED) is 0.711. The van der Waals surface area contributed by atoms with E-state index < -0.39 is 0 Å². The van der Waals surface area contributed by atoms with Gasteiger partial charge >= 0.3 is 6.01 Å². The largest absolute Gasteiger partial charge is 0.423 e. The van der Waals surface area contributed by atoms with Gasteiger partial charge < -0.3 is 9.15 Å². The molecule has 0 atom stereocenters. The average Bonchev–Trinajstić information content (AvgIpc) is 2.98. The summed E-state index contributed by atoms with van der Waals surface area (Å²) < 4.78 is 10.8. The molecule has 0 aliphatic heterocycles. The zero-order valence-electron chi connectivity index (χ0n) is 14.1. The van der Waals surface area contributed by atoms with Crippen molar-refractivity contribution in [3.63, 3.8) is 0 Å². The fourth-order valence-corrected chi connectivity index (χ4v) is 2.55. The third-order valence-corrected chi connectivity index (χ3v) is 3.84. The van der Waals surface area contributed by atoms with Crippen LogP contribution in [0.25, 0.3) is 11.1 Å². The second-order valence-electron chi connectivity index (χ2n) is 5.65. The van der Waals surface area contributed by atoms with Gasteiger partial charge in [-0.15, -0.1) is 0 Å². The van der Waals surface area contributed by atoms with Crippen molar-refractivity contribution < 1.29 is 13.9 Å². The third kappa shape index (κ3) is 3.16. The molecule has 124 valence electrons. The Morgan fingerprint density at radius 1 is 1.21 bits per heavy atom. The van der Waals surface area contributed by atoms with Crippen LogP contribution in [0.4, 0.5) is 11.7 Å². The van der Waals surface area contributed by atoms with Crippen LogP contribution in [0.1, 0.15) is 18.1 Å². The van der Waals surface area contributed by atoms with Crippen LogP contribution in [0.3, 0.4) is 0 Å². The first-order valence-electron chi connectivity index (χ1n) is 7.90. The summed E-state index contributed by atoms with van der Waals surface area (Å²) in [6.07, 6.45) is 0.939. The highest BCUT2D eigenvalue weighted by molar-refractivity contribution is 6.00. The van der Waals surface area contributed by atoms with E-state index in [-0.39, 0.29) is 18.5 Å². The Labute approximate surface area is 140 Å². The van der Waals surface area contributed by atoms with E-state index in [1.165, 1.54) is 17.6 Å². The van der Waals surface area contributed by atoms with E-state index in [1.54, 1.807) is 0 Å². The fourth-order valence-electron chi connectivity index (χ4n) is 2.55. The van der Waals surface area contributed by atoms with Crippen molar-refractivity contribution in [2.75, 3.05) is 18.6 Å². The number of anilines is 2. The van der Waals surface area contributed by atoms with Crippen LogP contribution < -0.4 is 4.90 Å². The SMILES string of the molecule is CCc1ccc(N(C(=O)COC)c2nc3cc(C)ccc3o2)cc1. The Hall–Kier alpha value is -2.66. The van der Waals surface area contributed by atoms with Crippen LogP contribution in [0.5, 0.6) is 0 Å². The van der Waals surface area contributed by atoms with Crippen LogP contribution >= 0.6 is 0 Å². The summed E-state index contributed by atoms with van der Waals surface area (Å²) in [6, 6.07) is 13.8. The number of ether oxygens (including phenoxy) is 1. The van der Waals surface area contributed by atoms with Crippen molar-refractivity contribution in [1.82, 2.24) is 4.98 Å². The van der Waals surface area contributed by atoms with E-state index in [4.69, 9.17) is 9.15 Å². The first-order valence-corrected chi connectivity index (χ1v) is 7.90. The Morgan fingerprint density at radius 2 is 1.96 bits per heavy atom. The normalized spacial score (nSPS) is 11.0. The maximum absolute atomic E-state index is 12.5. The lowest BCUT2D eigenvalue weighted by atomic mass is 10.1. The number of rotatable bonds is 5. The van der Waals surface area contributed by atoms with Crippen LogP contribution in [-0.2, 0) is 16.0 Å². The molecule has 2 aromatic carbocycles. The number of nitrogens with zero attached hydrogens (tertiary/aromatic N) is 2. The lowest BCUT2D eigenvalue weighted by Gasteiger charge is -2.18. The van der Waals surface area contributed by atoms with Gasteiger partial charge in [-0.05, 0) is 48.7 Å². The minimum Gasteiger partial charge on any atom is -0.423 e. The molecule has 0 aliphatic rings. The summed E-state index contributed by atoms with van der Waals surface area (Å²) in [7, 11) is 1.49. The minimum atomic E-state index is -0.231. The Balaban J connectivity index is 2.06. The standard InChI is InChI=1S/C19H20N2O3/c1-4-14-6-8-15(9-7-14)21(18(22)12-23-3)19-20-16-11-13(2)5-10-17(16)24-19/h5-11H,4,12H2,1-3H3. The van der Waals surface area contributed by atoms with Gasteiger partial charge in [0.15, 0.2) is 5.58 Å². The number of aromatic nitrogens is 1. The van der Waals surface area contributed by atoms with Crippen molar-refractivity contribution in [1.29, 1.82) is 0 Å². The topological polar surface area (TPSA) is 55.6 Å². The number of oxazole rings is 1. The van der Waals surface area contributed by atoms with E-state index >= 15 is 0 Å². The Morgan fingerprint density at radius 3 is 2.62 bits per heavy atom. The van der Waals surface area contributed by atoms with Crippen LogP contribution in [0.2, 0.25) is 0 Å². The highest BCUT2D eigenvalue weighted by Crippen LogP contribution is 2.29. The zero-order chi connectivity index (χ0) is 17.1. The van der Waals surface area contributed by atoms with E-state index in [1.807, 2.05) is 49.4 Å². The molecule has 0 spiro atoms. The maximum Gasteiger partial charge on any atom is 0.310 e. The molecule has 1 heterocycles.